The maximum absolute atomic E-state index is 12.4. The highest BCUT2D eigenvalue weighted by Crippen LogP contribution is 2.26. The third kappa shape index (κ3) is 6.42. The average Bonchev–Trinajstić information content (AvgIpc) is 2.46. The molecule has 1 aromatic carbocycles. The lowest BCUT2D eigenvalue weighted by molar-refractivity contribution is -0.128. The van der Waals surface area contributed by atoms with E-state index in [1.807, 2.05) is 30.0 Å². The van der Waals surface area contributed by atoms with E-state index >= 15 is 0 Å². The number of nitrogens with zero attached hydrogens (tertiary/aromatic N) is 1. The smallest absolute Gasteiger partial charge is 0.232 e. The van der Waals surface area contributed by atoms with Gasteiger partial charge in [0.2, 0.25) is 5.91 Å². The summed E-state index contributed by atoms with van der Waals surface area (Å²) in [4.78, 5) is 15.4. The molecule has 1 aromatic rings. The minimum atomic E-state index is 0.224. The summed E-state index contributed by atoms with van der Waals surface area (Å²) in [6, 6.07) is 6.00. The van der Waals surface area contributed by atoms with Gasteiger partial charge in [-0.15, -0.1) is 11.8 Å². The number of rotatable bonds is 9. The van der Waals surface area contributed by atoms with E-state index in [-0.39, 0.29) is 5.91 Å². The molecule has 0 heterocycles. The van der Waals surface area contributed by atoms with Crippen LogP contribution < -0.4 is 5.73 Å². The largest absolute Gasteiger partial charge is 0.398 e. The molecule has 2 N–H and O–H groups in total. The fourth-order valence-corrected chi connectivity index (χ4v) is 2.94. The minimum absolute atomic E-state index is 0.224. The number of anilines is 1. The topological polar surface area (TPSA) is 46.3 Å². The lowest BCUT2D eigenvalue weighted by atomic mass is 10.2. The van der Waals surface area contributed by atoms with Gasteiger partial charge in [-0.2, -0.15) is 0 Å². The Bertz CT molecular complexity index is 440. The fraction of sp³-hybridized carbons (Fsp3) is 0.588. The molecule has 0 aliphatic heterocycles. The third-order valence-corrected chi connectivity index (χ3v) is 4.51. The van der Waals surface area contributed by atoms with Crippen molar-refractivity contribution in [2.75, 3.05) is 24.6 Å². The van der Waals surface area contributed by atoms with Gasteiger partial charge in [0.25, 0.3) is 0 Å². The van der Waals surface area contributed by atoms with Crippen LogP contribution in [0.2, 0.25) is 0 Å². The molecule has 0 saturated carbocycles. The number of aryl methyl sites for hydroxylation is 1. The summed E-state index contributed by atoms with van der Waals surface area (Å²) in [5.74, 6) is 0.697. The van der Waals surface area contributed by atoms with Crippen LogP contribution in [0.3, 0.4) is 0 Å². The van der Waals surface area contributed by atoms with Crippen molar-refractivity contribution in [3.63, 3.8) is 0 Å². The summed E-state index contributed by atoms with van der Waals surface area (Å²) in [6.07, 6.45) is 4.39. The Morgan fingerprint density at radius 3 is 2.33 bits per heavy atom. The van der Waals surface area contributed by atoms with E-state index in [4.69, 9.17) is 5.73 Å². The number of unbranched alkanes of at least 4 members (excludes halogenated alkanes) is 2. The van der Waals surface area contributed by atoms with Crippen LogP contribution in [-0.4, -0.2) is 29.6 Å². The Morgan fingerprint density at radius 1 is 1.19 bits per heavy atom. The third-order valence-electron chi connectivity index (χ3n) is 3.43. The first kappa shape index (κ1) is 17.9. The zero-order valence-electron chi connectivity index (χ0n) is 13.5. The molecule has 1 rings (SSSR count). The summed E-state index contributed by atoms with van der Waals surface area (Å²) in [5, 5.41) is 0. The lowest BCUT2D eigenvalue weighted by Crippen LogP contribution is -2.34. The van der Waals surface area contributed by atoms with Crippen LogP contribution in [0.25, 0.3) is 0 Å². The number of thioether (sulfide) groups is 1. The number of carbonyl (C=O) groups is 1. The lowest BCUT2D eigenvalue weighted by Gasteiger charge is -2.22. The number of benzene rings is 1. The summed E-state index contributed by atoms with van der Waals surface area (Å²) >= 11 is 1.54. The van der Waals surface area contributed by atoms with Crippen molar-refractivity contribution in [1.29, 1.82) is 0 Å². The molecule has 1 amide bonds. The van der Waals surface area contributed by atoms with Gasteiger partial charge in [-0.1, -0.05) is 32.8 Å². The van der Waals surface area contributed by atoms with Gasteiger partial charge in [0.15, 0.2) is 0 Å². The second-order valence-electron chi connectivity index (χ2n) is 5.42. The van der Waals surface area contributed by atoms with E-state index < -0.39 is 0 Å². The molecule has 0 aromatic heterocycles. The number of nitrogens with two attached hydrogens (primary N) is 1. The number of amides is 1. The molecule has 0 fully saturated rings. The first-order valence-corrected chi connectivity index (χ1v) is 8.83. The molecule has 0 saturated heterocycles. The molecular weight excluding hydrogens is 280 g/mol. The van der Waals surface area contributed by atoms with E-state index in [1.165, 1.54) is 0 Å². The first-order valence-electron chi connectivity index (χ1n) is 7.85. The van der Waals surface area contributed by atoms with E-state index in [1.54, 1.807) is 11.8 Å². The maximum atomic E-state index is 12.4. The Morgan fingerprint density at radius 2 is 1.81 bits per heavy atom. The summed E-state index contributed by atoms with van der Waals surface area (Å²) < 4.78 is 0. The number of hydrogen-bond donors (Lipinski definition) is 1. The van der Waals surface area contributed by atoms with Gasteiger partial charge in [-0.05, 0) is 37.5 Å². The summed E-state index contributed by atoms with van der Waals surface area (Å²) in [7, 11) is 0. The Kier molecular flexibility index (Phi) is 8.28. The van der Waals surface area contributed by atoms with E-state index in [2.05, 4.69) is 13.8 Å². The zero-order valence-corrected chi connectivity index (χ0v) is 14.3. The summed E-state index contributed by atoms with van der Waals surface area (Å²) in [5.41, 5.74) is 7.91. The molecule has 3 nitrogen and oxygen atoms in total. The Balaban J connectivity index is 2.55. The predicted octanol–water partition coefficient (Wildman–Crippen LogP) is 4.10. The van der Waals surface area contributed by atoms with Crippen molar-refractivity contribution in [2.45, 2.75) is 51.3 Å². The average molecular weight is 308 g/mol. The Labute approximate surface area is 133 Å². The molecule has 0 aliphatic carbocycles. The highest BCUT2D eigenvalue weighted by atomic mass is 32.2. The second kappa shape index (κ2) is 9.72. The van der Waals surface area contributed by atoms with Crippen LogP contribution >= 0.6 is 11.8 Å². The van der Waals surface area contributed by atoms with Gasteiger partial charge >= 0.3 is 0 Å². The number of nitrogen functional groups attached to an aromatic ring is 1. The van der Waals surface area contributed by atoms with Crippen molar-refractivity contribution in [2.24, 2.45) is 0 Å². The number of hydrogen-bond acceptors (Lipinski definition) is 3. The highest BCUT2D eigenvalue weighted by Gasteiger charge is 2.13. The van der Waals surface area contributed by atoms with Gasteiger partial charge in [-0.3, -0.25) is 4.79 Å². The van der Waals surface area contributed by atoms with Gasteiger partial charge in [0.1, 0.15) is 0 Å². The first-order chi connectivity index (χ1) is 10.1. The standard InChI is InChI=1S/C17H28N2OS/c1-4-6-10-19(11-7-5-2)17(20)13-21-16-9-8-14(3)12-15(16)18/h8-9,12H,4-7,10-11,13,18H2,1-3H3. The van der Waals surface area contributed by atoms with Crippen LogP contribution in [0.15, 0.2) is 23.1 Å². The molecule has 21 heavy (non-hydrogen) atoms. The maximum Gasteiger partial charge on any atom is 0.232 e. The quantitative estimate of drug-likeness (QED) is 0.552. The predicted molar refractivity (Wildman–Crippen MR) is 92.7 cm³/mol. The fourth-order valence-electron chi connectivity index (χ4n) is 2.09. The van der Waals surface area contributed by atoms with Crippen LogP contribution in [0.4, 0.5) is 5.69 Å². The molecule has 0 radical (unpaired) electrons. The van der Waals surface area contributed by atoms with E-state index in [9.17, 15) is 4.79 Å². The SMILES string of the molecule is CCCCN(CCCC)C(=O)CSc1ccc(C)cc1N. The highest BCUT2D eigenvalue weighted by molar-refractivity contribution is 8.00. The molecule has 118 valence electrons. The van der Waals surface area contributed by atoms with E-state index in [0.29, 0.717) is 5.75 Å². The monoisotopic (exact) mass is 308 g/mol. The second-order valence-corrected chi connectivity index (χ2v) is 6.44. The molecular formula is C17H28N2OS. The van der Waals surface area contributed by atoms with Gasteiger partial charge < -0.3 is 10.6 Å². The van der Waals surface area contributed by atoms with Crippen LogP contribution in [0, 0.1) is 6.92 Å². The van der Waals surface area contributed by atoms with Gasteiger partial charge in [0, 0.05) is 23.7 Å². The Hall–Kier alpha value is -1.16. The van der Waals surface area contributed by atoms with Crippen LogP contribution in [-0.2, 0) is 4.79 Å². The minimum Gasteiger partial charge on any atom is -0.398 e. The van der Waals surface area contributed by atoms with Gasteiger partial charge in [0.05, 0.1) is 5.75 Å². The normalized spacial score (nSPS) is 10.6. The van der Waals surface area contributed by atoms with Crippen molar-refractivity contribution in [3.05, 3.63) is 23.8 Å². The molecule has 0 spiro atoms. The molecule has 0 unspecified atom stereocenters. The number of carbonyl (C=O) groups excluding carboxylic acids is 1. The van der Waals surface area contributed by atoms with E-state index in [0.717, 1.165) is 54.9 Å². The van der Waals surface area contributed by atoms with Gasteiger partial charge in [-0.25, -0.2) is 0 Å². The van der Waals surface area contributed by atoms with Crippen molar-refractivity contribution >= 4 is 23.4 Å². The van der Waals surface area contributed by atoms with Crippen LogP contribution in [0.1, 0.15) is 45.1 Å². The molecule has 0 aliphatic rings. The molecule has 0 atom stereocenters. The van der Waals surface area contributed by atoms with Crippen molar-refractivity contribution < 1.29 is 4.79 Å². The molecule has 4 heteroatoms. The van der Waals surface area contributed by atoms with Crippen molar-refractivity contribution in [1.82, 2.24) is 4.90 Å². The van der Waals surface area contributed by atoms with Crippen molar-refractivity contribution in [3.8, 4) is 0 Å². The van der Waals surface area contributed by atoms with Crippen LogP contribution in [0.5, 0.6) is 0 Å². The zero-order chi connectivity index (χ0) is 15.7. The molecule has 0 bridgehead atoms. The summed E-state index contributed by atoms with van der Waals surface area (Å²) in [6.45, 7) is 8.08.